The summed E-state index contributed by atoms with van der Waals surface area (Å²) < 4.78 is 14.7. The summed E-state index contributed by atoms with van der Waals surface area (Å²) >= 11 is 0. The minimum Gasteiger partial charge on any atom is -0.476 e. The molecule has 3 aromatic rings. The van der Waals surface area contributed by atoms with E-state index in [0.717, 1.165) is 26.9 Å². The molecule has 1 N–H and O–H groups in total. The molecular formula is C18H14FN3O4. The van der Waals surface area contributed by atoms with Crippen LogP contribution < -0.4 is 11.2 Å². The van der Waals surface area contributed by atoms with E-state index in [-0.39, 0.29) is 12.2 Å². The SMILES string of the molecule is Cc1ccccc1Cn1c(=O)c(C(=O)O)nn(-c2ccc(F)cc2)c1=O. The van der Waals surface area contributed by atoms with Gasteiger partial charge in [0, 0.05) is 0 Å². The largest absolute Gasteiger partial charge is 0.476 e. The third-order valence-corrected chi connectivity index (χ3v) is 3.92. The van der Waals surface area contributed by atoms with E-state index in [9.17, 15) is 23.9 Å². The molecule has 0 amide bonds. The lowest BCUT2D eigenvalue weighted by atomic mass is 10.1. The second-order valence-corrected chi connectivity index (χ2v) is 5.64. The van der Waals surface area contributed by atoms with Gasteiger partial charge in [0.25, 0.3) is 5.56 Å². The Labute approximate surface area is 146 Å². The smallest absolute Gasteiger partial charge is 0.362 e. The Morgan fingerprint density at radius 1 is 1.12 bits per heavy atom. The van der Waals surface area contributed by atoms with E-state index in [1.807, 2.05) is 19.1 Å². The zero-order valence-electron chi connectivity index (χ0n) is 13.7. The van der Waals surface area contributed by atoms with E-state index in [0.29, 0.717) is 5.56 Å². The van der Waals surface area contributed by atoms with Crippen molar-refractivity contribution in [2.45, 2.75) is 13.5 Å². The molecule has 0 atom stereocenters. The maximum atomic E-state index is 13.1. The fourth-order valence-electron chi connectivity index (χ4n) is 2.50. The second kappa shape index (κ2) is 6.75. The summed E-state index contributed by atoms with van der Waals surface area (Å²) in [5.74, 6) is -2.07. The van der Waals surface area contributed by atoms with Crippen LogP contribution in [0.2, 0.25) is 0 Å². The highest BCUT2D eigenvalue weighted by atomic mass is 19.1. The van der Waals surface area contributed by atoms with Gasteiger partial charge < -0.3 is 5.11 Å². The maximum Gasteiger partial charge on any atom is 0.362 e. The summed E-state index contributed by atoms with van der Waals surface area (Å²) in [7, 11) is 0. The van der Waals surface area contributed by atoms with Crippen LogP contribution in [0.25, 0.3) is 5.69 Å². The zero-order chi connectivity index (χ0) is 18.8. The standard InChI is InChI=1S/C18H14FN3O4/c1-11-4-2-3-5-12(11)10-21-16(23)15(17(24)25)20-22(18(21)26)14-8-6-13(19)7-9-14/h2-9H,10H2,1H3,(H,24,25). The monoisotopic (exact) mass is 355 g/mol. The predicted molar refractivity (Wildman–Crippen MR) is 91.3 cm³/mol. The number of halogens is 1. The molecular weight excluding hydrogens is 341 g/mol. The Morgan fingerprint density at radius 2 is 1.77 bits per heavy atom. The fourth-order valence-corrected chi connectivity index (χ4v) is 2.50. The first-order chi connectivity index (χ1) is 12.4. The number of hydrogen-bond donors (Lipinski definition) is 1. The second-order valence-electron chi connectivity index (χ2n) is 5.64. The van der Waals surface area contributed by atoms with E-state index in [1.54, 1.807) is 12.1 Å². The molecule has 0 saturated carbocycles. The van der Waals surface area contributed by atoms with E-state index < -0.39 is 28.7 Å². The fraction of sp³-hybridized carbons (Fsp3) is 0.111. The summed E-state index contributed by atoms with van der Waals surface area (Å²) in [5.41, 5.74) is -0.903. The molecule has 0 radical (unpaired) electrons. The van der Waals surface area contributed by atoms with Crippen LogP contribution in [-0.4, -0.2) is 25.4 Å². The van der Waals surface area contributed by atoms with Gasteiger partial charge in [0.2, 0.25) is 5.69 Å². The summed E-state index contributed by atoms with van der Waals surface area (Å²) in [6.07, 6.45) is 0. The molecule has 132 valence electrons. The number of aromatic carboxylic acids is 1. The topological polar surface area (TPSA) is 94.2 Å². The Balaban J connectivity index is 2.25. The molecule has 8 heteroatoms. The zero-order valence-corrected chi connectivity index (χ0v) is 13.7. The third kappa shape index (κ3) is 3.16. The number of carboxylic acids is 1. The minimum absolute atomic E-state index is 0.103. The van der Waals surface area contributed by atoms with Gasteiger partial charge in [-0.1, -0.05) is 24.3 Å². The van der Waals surface area contributed by atoms with E-state index in [1.165, 1.54) is 12.1 Å². The first-order valence-corrected chi connectivity index (χ1v) is 7.66. The Bertz CT molecular complexity index is 1100. The number of nitrogens with zero attached hydrogens (tertiary/aromatic N) is 3. The van der Waals surface area contributed by atoms with E-state index >= 15 is 0 Å². The molecule has 0 unspecified atom stereocenters. The first-order valence-electron chi connectivity index (χ1n) is 7.66. The van der Waals surface area contributed by atoms with Crippen LogP contribution in [0.4, 0.5) is 4.39 Å². The summed E-state index contributed by atoms with van der Waals surface area (Å²) in [4.78, 5) is 36.6. The van der Waals surface area contributed by atoms with Crippen LogP contribution in [0, 0.1) is 12.7 Å². The maximum absolute atomic E-state index is 13.1. The molecule has 1 aromatic heterocycles. The number of benzene rings is 2. The molecule has 7 nitrogen and oxygen atoms in total. The average molecular weight is 355 g/mol. The molecule has 0 aliphatic rings. The molecule has 3 rings (SSSR count). The lowest BCUT2D eigenvalue weighted by Gasteiger charge is -2.12. The van der Waals surface area contributed by atoms with Crippen molar-refractivity contribution >= 4 is 5.97 Å². The van der Waals surface area contributed by atoms with Gasteiger partial charge in [0.05, 0.1) is 12.2 Å². The Morgan fingerprint density at radius 3 is 2.38 bits per heavy atom. The van der Waals surface area contributed by atoms with Crippen LogP contribution >= 0.6 is 0 Å². The number of carbonyl (C=O) groups is 1. The minimum atomic E-state index is -1.55. The third-order valence-electron chi connectivity index (χ3n) is 3.92. The molecule has 2 aromatic carbocycles. The van der Waals surface area contributed by atoms with Crippen molar-refractivity contribution in [3.8, 4) is 5.69 Å². The highest BCUT2D eigenvalue weighted by molar-refractivity contribution is 5.84. The summed E-state index contributed by atoms with van der Waals surface area (Å²) in [6, 6.07) is 11.9. The van der Waals surface area contributed by atoms with Crippen molar-refractivity contribution in [1.29, 1.82) is 0 Å². The quantitative estimate of drug-likeness (QED) is 0.767. The number of rotatable bonds is 4. The Kier molecular flexibility index (Phi) is 4.49. The van der Waals surface area contributed by atoms with Crippen molar-refractivity contribution in [2.75, 3.05) is 0 Å². The molecule has 0 fully saturated rings. The van der Waals surface area contributed by atoms with Crippen molar-refractivity contribution < 1.29 is 14.3 Å². The average Bonchev–Trinajstić information content (AvgIpc) is 2.61. The van der Waals surface area contributed by atoms with Crippen LogP contribution in [0.5, 0.6) is 0 Å². The van der Waals surface area contributed by atoms with Gasteiger partial charge in [-0.2, -0.15) is 9.78 Å². The van der Waals surface area contributed by atoms with Gasteiger partial charge in [-0.25, -0.2) is 14.0 Å². The molecule has 1 heterocycles. The van der Waals surface area contributed by atoms with Gasteiger partial charge in [-0.3, -0.25) is 9.36 Å². The van der Waals surface area contributed by atoms with Crippen molar-refractivity contribution in [3.05, 3.63) is 92.0 Å². The van der Waals surface area contributed by atoms with Crippen molar-refractivity contribution in [1.82, 2.24) is 14.3 Å². The van der Waals surface area contributed by atoms with Gasteiger partial charge in [-0.05, 0) is 42.3 Å². The number of carboxylic acid groups (broad SMARTS) is 1. The summed E-state index contributed by atoms with van der Waals surface area (Å²) in [5, 5.41) is 12.9. The molecule has 0 spiro atoms. The number of aryl methyl sites for hydroxylation is 1. The molecule has 26 heavy (non-hydrogen) atoms. The normalized spacial score (nSPS) is 10.7. The highest BCUT2D eigenvalue weighted by Crippen LogP contribution is 2.08. The van der Waals surface area contributed by atoms with Crippen LogP contribution in [0.3, 0.4) is 0 Å². The van der Waals surface area contributed by atoms with Crippen LogP contribution in [0.15, 0.2) is 58.1 Å². The molecule has 0 saturated heterocycles. The van der Waals surface area contributed by atoms with Crippen molar-refractivity contribution in [2.24, 2.45) is 0 Å². The number of aromatic nitrogens is 3. The van der Waals surface area contributed by atoms with Gasteiger partial charge in [0.15, 0.2) is 0 Å². The van der Waals surface area contributed by atoms with E-state index in [4.69, 9.17) is 0 Å². The lowest BCUT2D eigenvalue weighted by molar-refractivity contribution is 0.0684. The molecule has 0 aliphatic heterocycles. The van der Waals surface area contributed by atoms with Crippen molar-refractivity contribution in [3.63, 3.8) is 0 Å². The number of hydrogen-bond acceptors (Lipinski definition) is 4. The first kappa shape index (κ1) is 17.3. The van der Waals surface area contributed by atoms with Gasteiger partial charge in [0.1, 0.15) is 5.82 Å². The molecule has 0 bridgehead atoms. The Hall–Kier alpha value is -3.55. The van der Waals surface area contributed by atoms with Crippen LogP contribution in [0.1, 0.15) is 21.6 Å². The summed E-state index contributed by atoms with van der Waals surface area (Å²) in [6.45, 7) is 1.71. The van der Waals surface area contributed by atoms with Gasteiger partial charge in [-0.15, -0.1) is 0 Å². The lowest BCUT2D eigenvalue weighted by Crippen LogP contribution is -2.44. The molecule has 0 aliphatic carbocycles. The predicted octanol–water partition coefficient (Wildman–Crippen LogP) is 1.59. The van der Waals surface area contributed by atoms with Gasteiger partial charge >= 0.3 is 11.7 Å². The van der Waals surface area contributed by atoms with Crippen LogP contribution in [-0.2, 0) is 6.54 Å². The highest BCUT2D eigenvalue weighted by Gasteiger charge is 2.20. The van der Waals surface area contributed by atoms with E-state index in [2.05, 4.69) is 5.10 Å².